The van der Waals surface area contributed by atoms with Crippen LogP contribution in [0.5, 0.6) is 5.75 Å². The number of fused-ring (bicyclic) bond motifs is 3. The van der Waals surface area contributed by atoms with Gasteiger partial charge in [-0.25, -0.2) is 0 Å². The van der Waals surface area contributed by atoms with Crippen molar-refractivity contribution in [2.24, 2.45) is 0 Å². The quantitative estimate of drug-likeness (QED) is 0.792. The van der Waals surface area contributed by atoms with Crippen LogP contribution in [0.15, 0.2) is 16.5 Å². The van der Waals surface area contributed by atoms with Gasteiger partial charge in [0.25, 0.3) is 5.91 Å². The van der Waals surface area contributed by atoms with Crippen molar-refractivity contribution in [2.75, 3.05) is 13.2 Å². The van der Waals surface area contributed by atoms with E-state index in [-0.39, 0.29) is 29.2 Å². The van der Waals surface area contributed by atoms with Crippen molar-refractivity contribution in [1.82, 2.24) is 5.32 Å². The molecule has 1 saturated carbocycles. The number of carbonyl (C=O) groups excluding carboxylic acids is 2. The molecule has 30 heavy (non-hydrogen) atoms. The monoisotopic (exact) mass is 411 g/mol. The molecular weight excluding hydrogens is 382 g/mol. The summed E-state index contributed by atoms with van der Waals surface area (Å²) in [6.45, 7) is 3.06. The van der Waals surface area contributed by atoms with Crippen LogP contribution < -0.4 is 10.1 Å². The van der Waals surface area contributed by atoms with E-state index in [1.807, 2.05) is 19.1 Å². The van der Waals surface area contributed by atoms with E-state index < -0.39 is 0 Å². The molecule has 2 aromatic rings. The van der Waals surface area contributed by atoms with Crippen LogP contribution in [0.25, 0.3) is 11.0 Å². The summed E-state index contributed by atoms with van der Waals surface area (Å²) in [5, 5.41) is 3.62. The first kappa shape index (κ1) is 19.6. The van der Waals surface area contributed by atoms with E-state index in [9.17, 15) is 9.59 Å². The molecule has 1 atom stereocenters. The molecule has 0 radical (unpaired) electrons. The molecule has 1 saturated heterocycles. The lowest BCUT2D eigenvalue weighted by Gasteiger charge is -2.37. The number of aryl methyl sites for hydroxylation is 1. The van der Waals surface area contributed by atoms with Gasteiger partial charge in [0.1, 0.15) is 16.9 Å². The zero-order valence-electron chi connectivity index (χ0n) is 17.6. The summed E-state index contributed by atoms with van der Waals surface area (Å²) in [6, 6.07) is 3.65. The Hall–Kier alpha value is -2.34. The Labute approximate surface area is 176 Å². The SMILES string of the molecule is Cc1c(C(=O)NC[C@@H]2CCCO2)oc2ccc3c(c12)C(=O)CC1(CCCCCC1)O3. The Morgan fingerprint density at radius 2 is 1.97 bits per heavy atom. The highest BCUT2D eigenvalue weighted by molar-refractivity contribution is 6.13. The third-order valence-corrected chi connectivity index (χ3v) is 6.88. The number of hydrogen-bond donors (Lipinski definition) is 1. The summed E-state index contributed by atoms with van der Waals surface area (Å²) in [5.74, 6) is 0.728. The first-order chi connectivity index (χ1) is 14.6. The molecule has 3 aliphatic rings. The van der Waals surface area contributed by atoms with Gasteiger partial charge in [0.15, 0.2) is 11.5 Å². The molecule has 1 aromatic heterocycles. The zero-order chi connectivity index (χ0) is 20.7. The first-order valence-electron chi connectivity index (χ1n) is 11.2. The Bertz CT molecular complexity index is 977. The lowest BCUT2D eigenvalue weighted by molar-refractivity contribution is 0.0301. The van der Waals surface area contributed by atoms with Gasteiger partial charge in [0.2, 0.25) is 0 Å². The van der Waals surface area contributed by atoms with Gasteiger partial charge in [-0.1, -0.05) is 12.8 Å². The van der Waals surface area contributed by atoms with E-state index in [0.717, 1.165) is 45.1 Å². The molecule has 6 heteroatoms. The average Bonchev–Trinajstić information content (AvgIpc) is 3.31. The van der Waals surface area contributed by atoms with Crippen molar-refractivity contribution in [3.05, 3.63) is 29.0 Å². The van der Waals surface area contributed by atoms with Gasteiger partial charge in [-0.15, -0.1) is 0 Å². The van der Waals surface area contributed by atoms with E-state index in [4.69, 9.17) is 13.9 Å². The Morgan fingerprint density at radius 1 is 1.17 bits per heavy atom. The van der Waals surface area contributed by atoms with Crippen LogP contribution >= 0.6 is 0 Å². The highest BCUT2D eigenvalue weighted by Gasteiger charge is 2.42. The number of ether oxygens (including phenoxy) is 2. The number of ketones is 1. The van der Waals surface area contributed by atoms with Crippen molar-refractivity contribution in [3.8, 4) is 5.75 Å². The van der Waals surface area contributed by atoms with Crippen molar-refractivity contribution < 1.29 is 23.5 Å². The van der Waals surface area contributed by atoms with Crippen LogP contribution in [-0.4, -0.2) is 36.5 Å². The van der Waals surface area contributed by atoms with Gasteiger partial charge in [-0.05, 0) is 57.6 Å². The fraction of sp³-hybridized carbons (Fsp3) is 0.583. The van der Waals surface area contributed by atoms with Crippen molar-refractivity contribution in [1.29, 1.82) is 0 Å². The summed E-state index contributed by atoms with van der Waals surface area (Å²) in [6.07, 6.45) is 8.93. The maximum Gasteiger partial charge on any atom is 0.287 e. The van der Waals surface area contributed by atoms with Crippen LogP contribution in [0.3, 0.4) is 0 Å². The molecule has 0 bridgehead atoms. The van der Waals surface area contributed by atoms with Gasteiger partial charge >= 0.3 is 0 Å². The zero-order valence-corrected chi connectivity index (χ0v) is 17.6. The molecule has 1 spiro atoms. The van der Waals surface area contributed by atoms with Crippen LogP contribution in [0.4, 0.5) is 0 Å². The van der Waals surface area contributed by atoms with Gasteiger partial charge < -0.3 is 19.2 Å². The minimum absolute atomic E-state index is 0.0668. The standard InChI is InChI=1S/C24H29NO5/c1-15-20-18(29-22(15)23(27)25-14-16-7-6-12-28-16)8-9-19-21(20)17(26)13-24(30-19)10-4-2-3-5-11-24/h8-9,16H,2-7,10-14H2,1H3,(H,25,27)/t16-/m0/s1. The lowest BCUT2D eigenvalue weighted by Crippen LogP contribution is -2.41. The molecule has 160 valence electrons. The van der Waals surface area contributed by atoms with E-state index in [2.05, 4.69) is 5.32 Å². The van der Waals surface area contributed by atoms with Crippen LogP contribution in [0, 0.1) is 6.92 Å². The Balaban J connectivity index is 1.45. The van der Waals surface area contributed by atoms with E-state index >= 15 is 0 Å². The second-order valence-corrected chi connectivity index (χ2v) is 9.01. The van der Waals surface area contributed by atoms with Crippen molar-refractivity contribution >= 4 is 22.7 Å². The number of amides is 1. The smallest absolute Gasteiger partial charge is 0.287 e. The van der Waals surface area contributed by atoms with E-state index in [0.29, 0.717) is 40.8 Å². The largest absolute Gasteiger partial charge is 0.486 e. The summed E-state index contributed by atoms with van der Waals surface area (Å²) in [5.41, 5.74) is 1.46. The topological polar surface area (TPSA) is 77.8 Å². The Kier molecular flexibility index (Phi) is 5.05. The highest BCUT2D eigenvalue weighted by Crippen LogP contribution is 2.44. The molecular formula is C24H29NO5. The average molecular weight is 411 g/mol. The molecule has 5 rings (SSSR count). The van der Waals surface area contributed by atoms with Crippen molar-refractivity contribution in [3.63, 3.8) is 0 Å². The van der Waals surface area contributed by atoms with Crippen LogP contribution in [0.2, 0.25) is 0 Å². The molecule has 3 heterocycles. The van der Waals surface area contributed by atoms with Crippen molar-refractivity contribution in [2.45, 2.75) is 76.4 Å². The number of nitrogens with one attached hydrogen (secondary N) is 1. The van der Waals surface area contributed by atoms with Crippen LogP contribution in [0.1, 0.15) is 84.3 Å². The predicted molar refractivity (Wildman–Crippen MR) is 112 cm³/mol. The van der Waals surface area contributed by atoms with Gasteiger partial charge in [0, 0.05) is 24.1 Å². The van der Waals surface area contributed by atoms with E-state index in [1.54, 1.807) is 0 Å². The van der Waals surface area contributed by atoms with Gasteiger partial charge in [-0.3, -0.25) is 9.59 Å². The molecule has 1 N–H and O–H groups in total. The number of furan rings is 1. The number of Topliss-reactive ketones (excluding diaryl/α,β-unsaturated/α-hetero) is 1. The molecule has 1 aliphatic carbocycles. The second-order valence-electron chi connectivity index (χ2n) is 9.01. The third kappa shape index (κ3) is 3.41. The van der Waals surface area contributed by atoms with Gasteiger partial charge in [-0.2, -0.15) is 0 Å². The predicted octanol–water partition coefficient (Wildman–Crippen LogP) is 4.71. The summed E-state index contributed by atoms with van der Waals surface area (Å²) < 4.78 is 17.9. The normalized spacial score (nSPS) is 23.2. The first-order valence-corrected chi connectivity index (χ1v) is 11.2. The third-order valence-electron chi connectivity index (χ3n) is 6.88. The molecule has 0 unspecified atom stereocenters. The minimum Gasteiger partial charge on any atom is -0.486 e. The van der Waals surface area contributed by atoms with E-state index in [1.165, 1.54) is 12.8 Å². The fourth-order valence-electron chi connectivity index (χ4n) is 5.29. The molecule has 6 nitrogen and oxygen atoms in total. The van der Waals surface area contributed by atoms with Crippen LogP contribution in [-0.2, 0) is 4.74 Å². The molecule has 1 aromatic carbocycles. The second kappa shape index (κ2) is 7.73. The number of carbonyl (C=O) groups is 2. The number of benzene rings is 1. The summed E-state index contributed by atoms with van der Waals surface area (Å²) in [7, 11) is 0. The lowest BCUT2D eigenvalue weighted by atomic mass is 9.83. The highest BCUT2D eigenvalue weighted by atomic mass is 16.5. The Morgan fingerprint density at radius 3 is 2.70 bits per heavy atom. The maximum atomic E-state index is 13.3. The van der Waals surface area contributed by atoms with Gasteiger partial charge in [0.05, 0.1) is 18.1 Å². The summed E-state index contributed by atoms with van der Waals surface area (Å²) in [4.78, 5) is 26.0. The maximum absolute atomic E-state index is 13.3. The molecule has 2 aliphatic heterocycles. The fourth-order valence-corrected chi connectivity index (χ4v) is 5.29. The minimum atomic E-state index is -0.368. The summed E-state index contributed by atoms with van der Waals surface area (Å²) >= 11 is 0. The molecule has 2 fully saturated rings. The number of hydrogen-bond acceptors (Lipinski definition) is 5. The number of rotatable bonds is 3. The molecule has 1 amide bonds.